The second kappa shape index (κ2) is 4.07. The molecule has 0 rings (SSSR count). The van der Waals surface area contributed by atoms with Crippen molar-refractivity contribution in [1.82, 2.24) is 0 Å². The molecule has 0 aliphatic heterocycles. The molecule has 0 saturated carbocycles. The number of ketones is 1. The van der Waals surface area contributed by atoms with E-state index in [-0.39, 0.29) is 5.78 Å². The van der Waals surface area contributed by atoms with Gasteiger partial charge < -0.3 is 0 Å². The van der Waals surface area contributed by atoms with E-state index in [9.17, 15) is 4.79 Å². The van der Waals surface area contributed by atoms with Gasteiger partial charge in [0.1, 0.15) is 0 Å². The molecule has 0 aromatic heterocycles. The molecular weight excluding hydrogens is 112 g/mol. The van der Waals surface area contributed by atoms with E-state index in [4.69, 9.17) is 0 Å². The van der Waals surface area contributed by atoms with Crippen molar-refractivity contribution < 1.29 is 4.79 Å². The molecule has 0 amide bonds. The monoisotopic (exact) mass is 124 g/mol. The molecular formula is C8H12O. The van der Waals surface area contributed by atoms with E-state index in [0.717, 1.165) is 12.0 Å². The first-order chi connectivity index (χ1) is 4.26. The second-order valence-electron chi connectivity index (χ2n) is 1.74. The molecule has 0 aromatic rings. The first kappa shape index (κ1) is 8.15. The first-order valence-electron chi connectivity index (χ1n) is 3.08. The summed E-state index contributed by atoms with van der Waals surface area (Å²) < 4.78 is 0. The zero-order valence-corrected chi connectivity index (χ0v) is 5.98. The maximum absolute atomic E-state index is 10.8. The molecule has 0 aliphatic carbocycles. The van der Waals surface area contributed by atoms with Crippen molar-refractivity contribution in [3.8, 4) is 0 Å². The molecule has 0 aromatic carbocycles. The Morgan fingerprint density at radius 1 is 1.67 bits per heavy atom. The Balaban J connectivity index is 4.13. The van der Waals surface area contributed by atoms with Crippen LogP contribution in [0.4, 0.5) is 0 Å². The van der Waals surface area contributed by atoms with Crippen molar-refractivity contribution in [3.63, 3.8) is 0 Å². The van der Waals surface area contributed by atoms with Crippen LogP contribution in [0.1, 0.15) is 20.3 Å². The summed E-state index contributed by atoms with van der Waals surface area (Å²) in [5.74, 6) is 0.0417. The molecule has 1 heteroatoms. The van der Waals surface area contributed by atoms with Crippen molar-refractivity contribution in [3.05, 3.63) is 24.3 Å². The van der Waals surface area contributed by atoms with E-state index in [1.165, 1.54) is 6.08 Å². The molecule has 0 unspecified atom stereocenters. The van der Waals surface area contributed by atoms with Crippen molar-refractivity contribution in [2.75, 3.05) is 0 Å². The van der Waals surface area contributed by atoms with Gasteiger partial charge in [0.05, 0.1) is 0 Å². The molecule has 0 fully saturated rings. The largest absolute Gasteiger partial charge is 0.290 e. The zero-order valence-electron chi connectivity index (χ0n) is 5.98. The van der Waals surface area contributed by atoms with Crippen LogP contribution in [0, 0.1) is 0 Å². The molecule has 0 heterocycles. The smallest absolute Gasteiger partial charge is 0.180 e. The van der Waals surface area contributed by atoms with E-state index in [1.807, 2.05) is 19.9 Å². The minimum atomic E-state index is 0.0417. The summed E-state index contributed by atoms with van der Waals surface area (Å²) in [6, 6.07) is 0. The number of rotatable bonds is 3. The van der Waals surface area contributed by atoms with Crippen molar-refractivity contribution >= 4 is 5.78 Å². The molecule has 0 aliphatic rings. The van der Waals surface area contributed by atoms with Gasteiger partial charge in [-0.05, 0) is 25.0 Å². The molecule has 0 atom stereocenters. The Hall–Kier alpha value is -0.850. The number of allylic oxidation sites excluding steroid dienone is 3. The maximum atomic E-state index is 10.8. The average molecular weight is 124 g/mol. The predicted molar refractivity (Wildman–Crippen MR) is 39.3 cm³/mol. The first-order valence-corrected chi connectivity index (χ1v) is 3.08. The van der Waals surface area contributed by atoms with Crippen LogP contribution in [0.5, 0.6) is 0 Å². The van der Waals surface area contributed by atoms with Gasteiger partial charge in [-0.1, -0.05) is 19.6 Å². The highest BCUT2D eigenvalue weighted by atomic mass is 16.1. The molecule has 0 spiro atoms. The lowest BCUT2D eigenvalue weighted by Gasteiger charge is -1.94. The third-order valence-corrected chi connectivity index (χ3v) is 1.23. The van der Waals surface area contributed by atoms with Crippen LogP contribution in [0.2, 0.25) is 0 Å². The fourth-order valence-electron chi connectivity index (χ4n) is 0.652. The Labute approximate surface area is 56.1 Å². The maximum Gasteiger partial charge on any atom is 0.180 e. The lowest BCUT2D eigenvalue weighted by Crippen LogP contribution is -1.95. The number of carbonyl (C=O) groups excluding carboxylic acids is 1. The summed E-state index contributed by atoms with van der Waals surface area (Å²) in [7, 11) is 0. The topological polar surface area (TPSA) is 17.1 Å². The third-order valence-electron chi connectivity index (χ3n) is 1.23. The van der Waals surface area contributed by atoms with Gasteiger partial charge in [0, 0.05) is 0 Å². The lowest BCUT2D eigenvalue weighted by atomic mass is 10.1. The van der Waals surface area contributed by atoms with Crippen LogP contribution < -0.4 is 0 Å². The summed E-state index contributed by atoms with van der Waals surface area (Å²) >= 11 is 0. The van der Waals surface area contributed by atoms with Gasteiger partial charge in [0.2, 0.25) is 0 Å². The van der Waals surface area contributed by atoms with E-state index in [0.29, 0.717) is 0 Å². The van der Waals surface area contributed by atoms with Gasteiger partial charge in [-0.2, -0.15) is 0 Å². The minimum absolute atomic E-state index is 0.0417. The molecule has 0 radical (unpaired) electrons. The van der Waals surface area contributed by atoms with Crippen molar-refractivity contribution in [2.24, 2.45) is 0 Å². The van der Waals surface area contributed by atoms with E-state index >= 15 is 0 Å². The molecule has 0 bridgehead atoms. The fraction of sp³-hybridized carbons (Fsp3) is 0.375. The highest BCUT2D eigenvalue weighted by Crippen LogP contribution is 2.01. The molecule has 0 N–H and O–H groups in total. The number of carbonyl (C=O) groups is 1. The highest BCUT2D eigenvalue weighted by Gasteiger charge is 1.98. The Morgan fingerprint density at radius 3 is 2.33 bits per heavy atom. The normalized spacial score (nSPS) is 11.1. The lowest BCUT2D eigenvalue weighted by molar-refractivity contribution is -0.111. The number of hydrogen-bond donors (Lipinski definition) is 0. The summed E-state index contributed by atoms with van der Waals surface area (Å²) in [5.41, 5.74) is 0.838. The SMILES string of the molecule is C=CC(=O)C(=CC)CC. The van der Waals surface area contributed by atoms with E-state index in [1.54, 1.807) is 0 Å². The van der Waals surface area contributed by atoms with Gasteiger partial charge >= 0.3 is 0 Å². The van der Waals surface area contributed by atoms with Gasteiger partial charge in [-0.15, -0.1) is 0 Å². The van der Waals surface area contributed by atoms with Crippen LogP contribution in [0.25, 0.3) is 0 Å². The molecule has 9 heavy (non-hydrogen) atoms. The van der Waals surface area contributed by atoms with Crippen LogP contribution in [0.15, 0.2) is 24.3 Å². The Morgan fingerprint density at radius 2 is 2.22 bits per heavy atom. The summed E-state index contributed by atoms with van der Waals surface area (Å²) in [6.07, 6.45) is 3.96. The van der Waals surface area contributed by atoms with Crippen LogP contribution in [0.3, 0.4) is 0 Å². The molecule has 0 saturated heterocycles. The van der Waals surface area contributed by atoms with Crippen molar-refractivity contribution in [2.45, 2.75) is 20.3 Å². The molecule has 1 nitrogen and oxygen atoms in total. The van der Waals surface area contributed by atoms with Crippen LogP contribution >= 0.6 is 0 Å². The molecule has 50 valence electrons. The number of hydrogen-bond acceptors (Lipinski definition) is 1. The van der Waals surface area contributed by atoms with Crippen molar-refractivity contribution in [1.29, 1.82) is 0 Å². The van der Waals surface area contributed by atoms with Gasteiger partial charge in [0.25, 0.3) is 0 Å². The Kier molecular flexibility index (Phi) is 3.69. The predicted octanol–water partition coefficient (Wildman–Crippen LogP) is 2.10. The summed E-state index contributed by atoms with van der Waals surface area (Å²) in [6.45, 7) is 7.20. The summed E-state index contributed by atoms with van der Waals surface area (Å²) in [5, 5.41) is 0. The average Bonchev–Trinajstić information content (AvgIpc) is 1.90. The highest BCUT2D eigenvalue weighted by molar-refractivity contribution is 6.03. The standard InChI is InChI=1S/C8H12O/c1-4-7(5-2)8(9)6-3/h4,6H,3,5H2,1-2H3. The minimum Gasteiger partial charge on any atom is -0.290 e. The quantitative estimate of drug-likeness (QED) is 0.526. The zero-order chi connectivity index (χ0) is 7.28. The van der Waals surface area contributed by atoms with Crippen LogP contribution in [-0.4, -0.2) is 5.78 Å². The summed E-state index contributed by atoms with van der Waals surface area (Å²) in [4.78, 5) is 10.8. The van der Waals surface area contributed by atoms with Gasteiger partial charge in [-0.25, -0.2) is 0 Å². The van der Waals surface area contributed by atoms with Crippen LogP contribution in [-0.2, 0) is 4.79 Å². The third kappa shape index (κ3) is 2.27. The Bertz CT molecular complexity index is 143. The van der Waals surface area contributed by atoms with Gasteiger partial charge in [-0.3, -0.25) is 4.79 Å². The second-order valence-corrected chi connectivity index (χ2v) is 1.74. The fourth-order valence-corrected chi connectivity index (χ4v) is 0.652. The van der Waals surface area contributed by atoms with Gasteiger partial charge in [0.15, 0.2) is 5.78 Å². The van der Waals surface area contributed by atoms with E-state index in [2.05, 4.69) is 6.58 Å². The van der Waals surface area contributed by atoms with E-state index < -0.39 is 0 Å².